The minimum atomic E-state index is -1.62. The number of halogens is 2. The van der Waals surface area contributed by atoms with Gasteiger partial charge in [0.25, 0.3) is 0 Å². The first-order chi connectivity index (χ1) is 5.70. The van der Waals surface area contributed by atoms with Gasteiger partial charge in [-0.2, -0.15) is 0 Å². The lowest BCUT2D eigenvalue weighted by atomic mass is 10.3. The monoisotopic (exact) mass is 228 g/mol. The summed E-state index contributed by atoms with van der Waals surface area (Å²) in [7, 11) is 1.72. The fraction of sp³-hybridized carbons (Fsp3) is 1.00. The highest BCUT2D eigenvalue weighted by Gasteiger charge is 2.41. The van der Waals surface area contributed by atoms with Crippen molar-refractivity contribution >= 4 is 32.5 Å². The molecular weight excluding hydrogens is 215 g/mol. The fourth-order valence-corrected chi connectivity index (χ4v) is 4.96. The van der Waals surface area contributed by atoms with Gasteiger partial charge in [0, 0.05) is 30.5 Å². The maximum atomic E-state index is 6.12. The van der Waals surface area contributed by atoms with Gasteiger partial charge in [-0.3, -0.25) is 0 Å². The maximum Gasteiger partial charge on any atom is 0.327 e. The van der Waals surface area contributed by atoms with Crippen LogP contribution in [0.25, 0.3) is 0 Å². The molecule has 2 atom stereocenters. The lowest BCUT2D eigenvalue weighted by molar-refractivity contribution is 0.266. The predicted molar refractivity (Wildman–Crippen MR) is 53.4 cm³/mol. The summed E-state index contributed by atoms with van der Waals surface area (Å²) in [5, 5.41) is 0.285. The Morgan fingerprint density at radius 2 is 1.50 bits per heavy atom. The molecule has 1 rings (SSSR count). The van der Waals surface area contributed by atoms with E-state index in [1.54, 1.807) is 14.2 Å². The van der Waals surface area contributed by atoms with Crippen LogP contribution >= 0.6 is 23.2 Å². The molecule has 0 radical (unpaired) electrons. The van der Waals surface area contributed by atoms with E-state index in [9.17, 15) is 0 Å². The van der Waals surface area contributed by atoms with Gasteiger partial charge in [0.1, 0.15) is 0 Å². The van der Waals surface area contributed by atoms with Crippen LogP contribution in [0.4, 0.5) is 0 Å². The summed E-state index contributed by atoms with van der Waals surface area (Å²) in [4.78, 5) is 0. The molecule has 0 aromatic rings. The summed E-state index contributed by atoms with van der Waals surface area (Å²) < 4.78 is 10.5. The highest BCUT2D eigenvalue weighted by atomic mass is 35.5. The molecule has 1 aliphatic rings. The van der Waals surface area contributed by atoms with E-state index in [4.69, 9.17) is 32.1 Å². The normalized spacial score (nSPS) is 36.2. The summed E-state index contributed by atoms with van der Waals surface area (Å²) in [5.74, 6) is 0. The lowest BCUT2D eigenvalue weighted by Gasteiger charge is -2.22. The molecule has 12 heavy (non-hydrogen) atoms. The molecule has 0 aromatic heterocycles. The molecular formula is C7H14Cl2O2Si. The molecule has 0 amide bonds. The van der Waals surface area contributed by atoms with Crippen molar-refractivity contribution in [2.75, 3.05) is 14.2 Å². The standard InChI is InChI=1S/C7H14Cl2O2Si/c1-10-12(11-2)7-5(8)3-4-6(7)9/h5-7,12H,3-4H2,1-2H3. The van der Waals surface area contributed by atoms with Crippen molar-refractivity contribution < 1.29 is 8.85 Å². The zero-order valence-corrected chi connectivity index (χ0v) is 9.96. The first-order valence-corrected chi connectivity index (χ1v) is 6.52. The Bertz CT molecular complexity index is 133. The SMILES string of the molecule is CO[SiH](OC)C1C(Cl)CCC1Cl. The van der Waals surface area contributed by atoms with Crippen LogP contribution in [0.3, 0.4) is 0 Å². The van der Waals surface area contributed by atoms with E-state index in [2.05, 4.69) is 0 Å². The Morgan fingerprint density at radius 3 is 1.83 bits per heavy atom. The van der Waals surface area contributed by atoms with E-state index in [0.29, 0.717) is 0 Å². The summed E-state index contributed by atoms with van der Waals surface area (Å²) in [6.07, 6.45) is 1.97. The molecule has 1 saturated carbocycles. The molecule has 0 bridgehead atoms. The van der Waals surface area contributed by atoms with Crippen LogP contribution < -0.4 is 0 Å². The van der Waals surface area contributed by atoms with E-state index < -0.39 is 9.28 Å². The minimum Gasteiger partial charge on any atom is -0.400 e. The molecule has 72 valence electrons. The average molecular weight is 229 g/mol. The van der Waals surface area contributed by atoms with Gasteiger partial charge in [0.15, 0.2) is 0 Å². The highest BCUT2D eigenvalue weighted by Crippen LogP contribution is 2.41. The zero-order valence-electron chi connectivity index (χ0n) is 7.30. The minimum absolute atomic E-state index is 0.143. The van der Waals surface area contributed by atoms with Crippen LogP contribution in [-0.4, -0.2) is 34.3 Å². The number of hydrogen-bond donors (Lipinski definition) is 0. The number of alkyl halides is 2. The largest absolute Gasteiger partial charge is 0.400 e. The number of hydrogen-bond acceptors (Lipinski definition) is 2. The van der Waals surface area contributed by atoms with E-state index in [1.807, 2.05) is 0 Å². The van der Waals surface area contributed by atoms with E-state index in [1.165, 1.54) is 0 Å². The van der Waals surface area contributed by atoms with Gasteiger partial charge in [-0.25, -0.2) is 0 Å². The smallest absolute Gasteiger partial charge is 0.327 e. The predicted octanol–water partition coefficient (Wildman–Crippen LogP) is 1.88. The average Bonchev–Trinajstić information content (AvgIpc) is 2.38. The zero-order chi connectivity index (χ0) is 9.14. The van der Waals surface area contributed by atoms with Crippen molar-refractivity contribution in [2.24, 2.45) is 0 Å². The molecule has 0 heterocycles. The first kappa shape index (κ1) is 10.8. The molecule has 1 aliphatic carbocycles. The van der Waals surface area contributed by atoms with Crippen molar-refractivity contribution in [3.8, 4) is 0 Å². The highest BCUT2D eigenvalue weighted by molar-refractivity contribution is 6.51. The van der Waals surface area contributed by atoms with Gasteiger partial charge in [0.05, 0.1) is 0 Å². The quantitative estimate of drug-likeness (QED) is 0.543. The van der Waals surface area contributed by atoms with Gasteiger partial charge in [-0.1, -0.05) is 0 Å². The molecule has 0 aromatic carbocycles. The van der Waals surface area contributed by atoms with Gasteiger partial charge in [-0.05, 0) is 12.8 Å². The Hall–Kier alpha value is 0.717. The van der Waals surface area contributed by atoms with Crippen molar-refractivity contribution in [3.63, 3.8) is 0 Å². The molecule has 0 N–H and O–H groups in total. The van der Waals surface area contributed by atoms with Crippen molar-refractivity contribution in [1.82, 2.24) is 0 Å². The van der Waals surface area contributed by atoms with Crippen LogP contribution in [0, 0.1) is 0 Å². The van der Waals surface area contributed by atoms with Crippen LogP contribution in [0.1, 0.15) is 12.8 Å². The molecule has 0 aliphatic heterocycles. The second-order valence-corrected chi connectivity index (χ2v) is 6.60. The number of rotatable bonds is 3. The van der Waals surface area contributed by atoms with Gasteiger partial charge in [-0.15, -0.1) is 23.2 Å². The third-order valence-electron chi connectivity index (χ3n) is 2.33. The van der Waals surface area contributed by atoms with E-state index in [0.717, 1.165) is 12.8 Å². The summed E-state index contributed by atoms with van der Waals surface area (Å²) in [6.45, 7) is 0. The summed E-state index contributed by atoms with van der Waals surface area (Å²) in [5.41, 5.74) is 0.253. The molecule has 5 heteroatoms. The second-order valence-electron chi connectivity index (χ2n) is 3.03. The van der Waals surface area contributed by atoms with Crippen LogP contribution in [-0.2, 0) is 8.85 Å². The molecule has 2 nitrogen and oxygen atoms in total. The van der Waals surface area contributed by atoms with Crippen LogP contribution in [0.2, 0.25) is 5.54 Å². The second kappa shape index (κ2) is 4.82. The topological polar surface area (TPSA) is 18.5 Å². The summed E-state index contributed by atoms with van der Waals surface area (Å²) >= 11 is 12.2. The fourth-order valence-electron chi connectivity index (χ4n) is 1.68. The molecule has 0 spiro atoms. The third kappa shape index (κ3) is 2.15. The molecule has 0 saturated heterocycles. The van der Waals surface area contributed by atoms with Crippen molar-refractivity contribution in [2.45, 2.75) is 29.1 Å². The Morgan fingerprint density at radius 1 is 1.08 bits per heavy atom. The Balaban J connectivity index is 2.57. The van der Waals surface area contributed by atoms with Crippen molar-refractivity contribution in [1.29, 1.82) is 0 Å². The first-order valence-electron chi connectivity index (χ1n) is 4.04. The molecule has 2 unspecified atom stereocenters. The molecule has 1 fully saturated rings. The van der Waals surface area contributed by atoms with E-state index >= 15 is 0 Å². The Labute approximate surface area is 85.0 Å². The third-order valence-corrected chi connectivity index (χ3v) is 6.33. The lowest BCUT2D eigenvalue weighted by Crippen LogP contribution is -2.33. The van der Waals surface area contributed by atoms with Gasteiger partial charge < -0.3 is 8.85 Å². The Kier molecular flexibility index (Phi) is 4.33. The van der Waals surface area contributed by atoms with Crippen molar-refractivity contribution in [3.05, 3.63) is 0 Å². The van der Waals surface area contributed by atoms with Gasteiger partial charge >= 0.3 is 9.28 Å². The van der Waals surface area contributed by atoms with Crippen LogP contribution in [0.15, 0.2) is 0 Å². The summed E-state index contributed by atoms with van der Waals surface area (Å²) in [6, 6.07) is 0. The maximum absolute atomic E-state index is 6.12. The van der Waals surface area contributed by atoms with E-state index in [-0.39, 0.29) is 16.3 Å². The van der Waals surface area contributed by atoms with Gasteiger partial charge in [0.2, 0.25) is 0 Å². The van der Waals surface area contributed by atoms with Crippen LogP contribution in [0.5, 0.6) is 0 Å².